The minimum absolute atomic E-state index is 0.0817. The molecule has 0 bridgehead atoms. The molecule has 5 heteroatoms. The van der Waals surface area contributed by atoms with Crippen molar-refractivity contribution in [1.82, 2.24) is 4.98 Å². The number of carbonyl (C=O) groups is 1. The van der Waals surface area contributed by atoms with E-state index in [0.29, 0.717) is 5.69 Å². The molecular formula is C13H10BrNO3. The number of aromatic hydroxyl groups is 1. The zero-order valence-electron chi connectivity index (χ0n) is 9.55. The largest absolute Gasteiger partial charge is 0.504 e. The zero-order chi connectivity index (χ0) is 13.1. The Labute approximate surface area is 112 Å². The van der Waals surface area contributed by atoms with E-state index < -0.39 is 5.97 Å². The van der Waals surface area contributed by atoms with E-state index in [1.165, 1.54) is 13.2 Å². The van der Waals surface area contributed by atoms with E-state index in [0.717, 1.165) is 5.56 Å². The average molecular weight is 308 g/mol. The molecule has 0 saturated carbocycles. The molecule has 0 aliphatic rings. The predicted octanol–water partition coefficient (Wildman–Crippen LogP) is 3.00. The van der Waals surface area contributed by atoms with E-state index >= 15 is 0 Å². The first-order valence-corrected chi connectivity index (χ1v) is 5.96. The number of hydrogen-bond donors (Lipinski definition) is 1. The number of methoxy groups -OCH3 is 1. The van der Waals surface area contributed by atoms with Gasteiger partial charge in [0.05, 0.1) is 12.8 Å². The highest BCUT2D eigenvalue weighted by atomic mass is 79.9. The highest BCUT2D eigenvalue weighted by Crippen LogP contribution is 2.30. The molecule has 2 aromatic rings. The molecule has 0 atom stereocenters. The predicted molar refractivity (Wildman–Crippen MR) is 70.4 cm³/mol. The summed E-state index contributed by atoms with van der Waals surface area (Å²) in [5.41, 5.74) is 1.52. The number of hydrogen-bond acceptors (Lipinski definition) is 4. The number of rotatable bonds is 2. The van der Waals surface area contributed by atoms with E-state index in [-0.39, 0.29) is 15.9 Å². The molecule has 1 aromatic heterocycles. The van der Waals surface area contributed by atoms with Gasteiger partial charge in [-0.2, -0.15) is 0 Å². The van der Waals surface area contributed by atoms with Crippen molar-refractivity contribution in [2.75, 3.05) is 7.11 Å². The van der Waals surface area contributed by atoms with Crippen molar-refractivity contribution in [3.8, 4) is 17.0 Å². The van der Waals surface area contributed by atoms with E-state index in [2.05, 4.69) is 25.7 Å². The van der Waals surface area contributed by atoms with E-state index in [4.69, 9.17) is 0 Å². The van der Waals surface area contributed by atoms with Crippen LogP contribution in [0.5, 0.6) is 5.75 Å². The van der Waals surface area contributed by atoms with Crippen LogP contribution in [0.4, 0.5) is 0 Å². The van der Waals surface area contributed by atoms with Gasteiger partial charge in [0, 0.05) is 5.56 Å². The monoisotopic (exact) mass is 307 g/mol. The molecule has 18 heavy (non-hydrogen) atoms. The van der Waals surface area contributed by atoms with Crippen LogP contribution in [0.1, 0.15) is 10.4 Å². The smallest absolute Gasteiger partial charge is 0.341 e. The zero-order valence-corrected chi connectivity index (χ0v) is 11.1. The molecule has 92 valence electrons. The first-order valence-electron chi connectivity index (χ1n) is 5.16. The summed E-state index contributed by atoms with van der Waals surface area (Å²) in [4.78, 5) is 15.7. The fourth-order valence-electron chi connectivity index (χ4n) is 1.53. The highest BCUT2D eigenvalue weighted by molar-refractivity contribution is 9.10. The van der Waals surface area contributed by atoms with Crippen LogP contribution in [-0.4, -0.2) is 23.2 Å². The van der Waals surface area contributed by atoms with Crippen LogP contribution in [0.15, 0.2) is 41.0 Å². The van der Waals surface area contributed by atoms with Crippen molar-refractivity contribution in [3.05, 3.63) is 46.6 Å². The number of carbonyl (C=O) groups excluding carboxylic acids is 1. The number of benzene rings is 1. The molecule has 0 amide bonds. The number of pyridine rings is 1. The summed E-state index contributed by atoms with van der Waals surface area (Å²) < 4.78 is 4.83. The van der Waals surface area contributed by atoms with Crippen LogP contribution < -0.4 is 0 Å². The normalized spacial score (nSPS) is 10.1. The van der Waals surface area contributed by atoms with Gasteiger partial charge in [0.1, 0.15) is 10.2 Å². The average Bonchev–Trinajstić information content (AvgIpc) is 2.41. The minimum Gasteiger partial charge on any atom is -0.504 e. The summed E-state index contributed by atoms with van der Waals surface area (Å²) in [6, 6.07) is 10.9. The van der Waals surface area contributed by atoms with Crippen LogP contribution in [0.2, 0.25) is 0 Å². The first-order chi connectivity index (χ1) is 8.63. The quantitative estimate of drug-likeness (QED) is 0.684. The molecule has 0 aliphatic heterocycles. The Morgan fingerprint density at radius 2 is 2.00 bits per heavy atom. The Hall–Kier alpha value is -1.88. The van der Waals surface area contributed by atoms with Crippen LogP contribution in [-0.2, 0) is 4.74 Å². The number of aromatic nitrogens is 1. The van der Waals surface area contributed by atoms with Gasteiger partial charge in [0.25, 0.3) is 0 Å². The molecule has 0 radical (unpaired) electrons. The number of halogens is 1. The van der Waals surface area contributed by atoms with Crippen molar-refractivity contribution in [2.45, 2.75) is 0 Å². The van der Waals surface area contributed by atoms with Gasteiger partial charge in [0.15, 0.2) is 5.75 Å². The fraction of sp³-hybridized carbons (Fsp3) is 0.0769. The van der Waals surface area contributed by atoms with Crippen LogP contribution >= 0.6 is 15.9 Å². The maximum atomic E-state index is 11.5. The Balaban J connectivity index is 2.58. The van der Waals surface area contributed by atoms with Crippen LogP contribution in [0.3, 0.4) is 0 Å². The molecule has 0 fully saturated rings. The molecule has 1 aromatic carbocycles. The van der Waals surface area contributed by atoms with E-state index in [1.54, 1.807) is 0 Å². The summed E-state index contributed by atoms with van der Waals surface area (Å²) in [6.45, 7) is 0. The third-order valence-corrected chi connectivity index (χ3v) is 2.98. The second-order valence-electron chi connectivity index (χ2n) is 3.55. The SMILES string of the molecule is COC(=O)c1cc(-c2ccccc2)nc(Br)c1O. The Kier molecular flexibility index (Phi) is 3.62. The lowest BCUT2D eigenvalue weighted by Crippen LogP contribution is -2.03. The standard InChI is InChI=1S/C13H10BrNO3/c1-18-13(17)9-7-10(15-12(14)11(9)16)8-5-3-2-4-6-8/h2-7,16H,1H3. The van der Waals surface area contributed by atoms with Crippen molar-refractivity contribution in [3.63, 3.8) is 0 Å². The lowest BCUT2D eigenvalue weighted by molar-refractivity contribution is 0.0597. The third kappa shape index (κ3) is 2.36. The van der Waals surface area contributed by atoms with Crippen molar-refractivity contribution >= 4 is 21.9 Å². The molecule has 4 nitrogen and oxygen atoms in total. The van der Waals surface area contributed by atoms with Gasteiger partial charge in [-0.25, -0.2) is 9.78 Å². The maximum Gasteiger partial charge on any atom is 0.341 e. The molecule has 1 N–H and O–H groups in total. The third-order valence-electron chi connectivity index (χ3n) is 2.43. The lowest BCUT2D eigenvalue weighted by atomic mass is 10.1. The lowest BCUT2D eigenvalue weighted by Gasteiger charge is -2.07. The summed E-state index contributed by atoms with van der Waals surface area (Å²) in [5.74, 6) is -0.825. The number of ether oxygens (including phenoxy) is 1. The Bertz CT molecular complexity index is 584. The summed E-state index contributed by atoms with van der Waals surface area (Å²) in [5, 5.41) is 9.76. The van der Waals surface area contributed by atoms with Crippen molar-refractivity contribution in [1.29, 1.82) is 0 Å². The molecule has 2 rings (SSSR count). The van der Waals surface area contributed by atoms with Crippen molar-refractivity contribution in [2.24, 2.45) is 0 Å². The van der Waals surface area contributed by atoms with Gasteiger partial charge in [-0.3, -0.25) is 0 Å². The van der Waals surface area contributed by atoms with Gasteiger partial charge in [-0.15, -0.1) is 0 Å². The highest BCUT2D eigenvalue weighted by Gasteiger charge is 2.17. The summed E-state index contributed by atoms with van der Waals surface area (Å²) in [7, 11) is 1.26. The Morgan fingerprint density at radius 3 is 2.61 bits per heavy atom. The summed E-state index contributed by atoms with van der Waals surface area (Å²) >= 11 is 3.12. The fourth-order valence-corrected chi connectivity index (χ4v) is 1.93. The van der Waals surface area contributed by atoms with E-state index in [9.17, 15) is 9.90 Å². The molecule has 1 heterocycles. The molecule has 0 aliphatic carbocycles. The molecule has 0 spiro atoms. The van der Waals surface area contributed by atoms with Crippen LogP contribution in [0.25, 0.3) is 11.3 Å². The molecular weight excluding hydrogens is 298 g/mol. The first kappa shape index (κ1) is 12.6. The van der Waals surface area contributed by atoms with E-state index in [1.807, 2.05) is 30.3 Å². The summed E-state index contributed by atoms with van der Waals surface area (Å²) in [6.07, 6.45) is 0. The topological polar surface area (TPSA) is 59.4 Å². The number of nitrogens with zero attached hydrogens (tertiary/aromatic N) is 1. The minimum atomic E-state index is -0.604. The molecule has 0 unspecified atom stereocenters. The maximum absolute atomic E-state index is 11.5. The second kappa shape index (κ2) is 5.18. The van der Waals surface area contributed by atoms with Gasteiger partial charge < -0.3 is 9.84 Å². The number of esters is 1. The second-order valence-corrected chi connectivity index (χ2v) is 4.30. The van der Waals surface area contributed by atoms with Crippen LogP contribution in [0, 0.1) is 0 Å². The van der Waals surface area contributed by atoms with Gasteiger partial charge >= 0.3 is 5.97 Å². The molecule has 0 saturated heterocycles. The van der Waals surface area contributed by atoms with Gasteiger partial charge in [-0.1, -0.05) is 30.3 Å². The van der Waals surface area contributed by atoms with Crippen molar-refractivity contribution < 1.29 is 14.6 Å². The van der Waals surface area contributed by atoms with Gasteiger partial charge in [-0.05, 0) is 22.0 Å². The van der Waals surface area contributed by atoms with Gasteiger partial charge in [0.2, 0.25) is 0 Å². The Morgan fingerprint density at radius 1 is 1.33 bits per heavy atom.